The molecule has 0 N–H and O–H groups in total. The lowest BCUT2D eigenvalue weighted by Gasteiger charge is -2.05. The molecule has 2 aromatic rings. The van der Waals surface area contributed by atoms with E-state index < -0.39 is 0 Å². The van der Waals surface area contributed by atoms with Crippen molar-refractivity contribution < 1.29 is 0 Å². The topological polar surface area (TPSA) is 12.9 Å². The van der Waals surface area contributed by atoms with Gasteiger partial charge in [-0.2, -0.15) is 0 Å². The summed E-state index contributed by atoms with van der Waals surface area (Å²) >= 11 is 15.5. The Balaban J connectivity index is 2.94. The van der Waals surface area contributed by atoms with E-state index >= 15 is 0 Å². The second-order valence-electron chi connectivity index (χ2n) is 3.01. The maximum absolute atomic E-state index is 6.12. The summed E-state index contributed by atoms with van der Waals surface area (Å²) in [6.07, 6.45) is 1.60. The van der Waals surface area contributed by atoms with Gasteiger partial charge in [0.15, 0.2) is 0 Å². The zero-order chi connectivity index (χ0) is 10.3. The molecule has 2 rings (SSSR count). The van der Waals surface area contributed by atoms with E-state index in [0.717, 1.165) is 20.9 Å². The van der Waals surface area contributed by atoms with Gasteiger partial charge in [0.05, 0.1) is 15.6 Å². The van der Waals surface area contributed by atoms with E-state index in [-0.39, 0.29) is 0 Å². The van der Waals surface area contributed by atoms with Crippen LogP contribution in [0.5, 0.6) is 0 Å². The Bertz CT molecular complexity index is 464. The maximum Gasteiger partial charge on any atom is 0.0903 e. The van der Waals surface area contributed by atoms with E-state index in [1.54, 1.807) is 6.20 Å². The van der Waals surface area contributed by atoms with Crippen molar-refractivity contribution in [1.29, 1.82) is 0 Å². The van der Waals surface area contributed by atoms with Gasteiger partial charge in [0, 0.05) is 16.1 Å². The van der Waals surface area contributed by atoms with Gasteiger partial charge in [-0.3, -0.25) is 4.98 Å². The van der Waals surface area contributed by atoms with Crippen molar-refractivity contribution in [3.63, 3.8) is 0 Å². The summed E-state index contributed by atoms with van der Waals surface area (Å²) in [5, 5.41) is 2.21. The van der Waals surface area contributed by atoms with Gasteiger partial charge in [-0.1, -0.05) is 35.3 Å². The number of aryl methyl sites for hydroxylation is 1. The van der Waals surface area contributed by atoms with Crippen LogP contribution in [-0.2, 0) is 0 Å². The number of aromatic nitrogens is 1. The highest BCUT2D eigenvalue weighted by molar-refractivity contribution is 9.10. The van der Waals surface area contributed by atoms with E-state index in [0.29, 0.717) is 10.0 Å². The largest absolute Gasteiger partial charge is 0.253 e. The SMILES string of the molecule is Cc1ccc2c(Br)c(Cl)cnc2c1Cl. The Morgan fingerprint density at radius 1 is 1.29 bits per heavy atom. The number of nitrogens with zero attached hydrogens (tertiary/aromatic N) is 1. The molecule has 1 aromatic carbocycles. The van der Waals surface area contributed by atoms with E-state index in [9.17, 15) is 0 Å². The lowest BCUT2D eigenvalue weighted by atomic mass is 10.1. The number of hydrogen-bond acceptors (Lipinski definition) is 1. The minimum absolute atomic E-state index is 0.595. The van der Waals surface area contributed by atoms with Gasteiger partial charge in [0.2, 0.25) is 0 Å². The monoisotopic (exact) mass is 289 g/mol. The summed E-state index contributed by atoms with van der Waals surface area (Å²) in [5.41, 5.74) is 1.80. The first kappa shape index (κ1) is 10.2. The van der Waals surface area contributed by atoms with Crippen molar-refractivity contribution in [2.75, 3.05) is 0 Å². The normalized spacial score (nSPS) is 10.9. The van der Waals surface area contributed by atoms with Crippen molar-refractivity contribution in [2.24, 2.45) is 0 Å². The highest BCUT2D eigenvalue weighted by Gasteiger charge is 2.08. The molecular weight excluding hydrogens is 285 g/mol. The van der Waals surface area contributed by atoms with Gasteiger partial charge < -0.3 is 0 Å². The van der Waals surface area contributed by atoms with Crippen LogP contribution in [0, 0.1) is 6.92 Å². The summed E-state index contributed by atoms with van der Waals surface area (Å²) in [7, 11) is 0. The second-order valence-corrected chi connectivity index (χ2v) is 4.59. The fourth-order valence-electron chi connectivity index (χ4n) is 1.28. The van der Waals surface area contributed by atoms with Crippen LogP contribution in [0.2, 0.25) is 10.0 Å². The molecule has 0 amide bonds. The molecule has 0 saturated carbocycles. The van der Waals surface area contributed by atoms with Crippen molar-refractivity contribution in [3.8, 4) is 0 Å². The molecule has 0 spiro atoms. The van der Waals surface area contributed by atoms with Crippen LogP contribution >= 0.6 is 39.1 Å². The minimum atomic E-state index is 0.595. The summed E-state index contributed by atoms with van der Waals surface area (Å²) in [6, 6.07) is 3.91. The van der Waals surface area contributed by atoms with Crippen LogP contribution in [0.4, 0.5) is 0 Å². The molecule has 0 aliphatic carbocycles. The fourth-order valence-corrected chi connectivity index (χ4v) is 2.06. The van der Waals surface area contributed by atoms with Crippen LogP contribution < -0.4 is 0 Å². The molecule has 1 nitrogen and oxygen atoms in total. The van der Waals surface area contributed by atoms with E-state index in [1.165, 1.54) is 0 Å². The molecular formula is C10H6BrCl2N. The van der Waals surface area contributed by atoms with E-state index in [1.807, 2.05) is 19.1 Å². The summed E-state index contributed by atoms with van der Waals surface area (Å²) < 4.78 is 0.839. The molecule has 0 unspecified atom stereocenters. The van der Waals surface area contributed by atoms with Gasteiger partial charge in [-0.05, 0) is 28.4 Å². The summed E-state index contributed by atoms with van der Waals surface area (Å²) in [5.74, 6) is 0. The van der Waals surface area contributed by atoms with Gasteiger partial charge in [0.25, 0.3) is 0 Å². The van der Waals surface area contributed by atoms with Crippen molar-refractivity contribution >= 4 is 50.0 Å². The first-order valence-electron chi connectivity index (χ1n) is 4.00. The Hall–Kier alpha value is -0.310. The minimum Gasteiger partial charge on any atom is -0.253 e. The average molecular weight is 291 g/mol. The predicted octanol–water partition coefficient (Wildman–Crippen LogP) is 4.61. The van der Waals surface area contributed by atoms with Crippen molar-refractivity contribution in [1.82, 2.24) is 4.98 Å². The number of hydrogen-bond donors (Lipinski definition) is 0. The quantitative estimate of drug-likeness (QED) is 0.690. The molecule has 72 valence electrons. The van der Waals surface area contributed by atoms with Crippen LogP contribution in [0.1, 0.15) is 5.56 Å². The maximum atomic E-state index is 6.12. The third kappa shape index (κ3) is 1.52. The molecule has 0 bridgehead atoms. The Labute approximate surface area is 100 Å². The molecule has 1 aromatic heterocycles. The third-order valence-electron chi connectivity index (χ3n) is 2.06. The van der Waals surface area contributed by atoms with Gasteiger partial charge in [-0.25, -0.2) is 0 Å². The van der Waals surface area contributed by atoms with Crippen LogP contribution in [0.25, 0.3) is 10.9 Å². The predicted molar refractivity (Wildman–Crippen MR) is 64.2 cm³/mol. The van der Waals surface area contributed by atoms with Crippen molar-refractivity contribution in [3.05, 3.63) is 38.4 Å². The molecule has 1 heterocycles. The molecule has 0 aliphatic rings. The molecule has 0 atom stereocenters. The standard InChI is InChI=1S/C10H6BrCl2N/c1-5-2-3-6-8(11)7(12)4-14-10(6)9(5)13/h2-4H,1H3. The average Bonchev–Trinajstić information content (AvgIpc) is 2.17. The van der Waals surface area contributed by atoms with Gasteiger partial charge in [0.1, 0.15) is 0 Å². The Kier molecular flexibility index (Phi) is 2.69. The molecule has 0 radical (unpaired) electrons. The smallest absolute Gasteiger partial charge is 0.0903 e. The highest BCUT2D eigenvalue weighted by Crippen LogP contribution is 2.33. The Morgan fingerprint density at radius 2 is 2.00 bits per heavy atom. The van der Waals surface area contributed by atoms with Crippen molar-refractivity contribution in [2.45, 2.75) is 6.92 Å². The van der Waals surface area contributed by atoms with Crippen LogP contribution in [-0.4, -0.2) is 4.98 Å². The number of pyridine rings is 1. The summed E-state index contributed by atoms with van der Waals surface area (Å²) in [6.45, 7) is 1.95. The molecule has 14 heavy (non-hydrogen) atoms. The lowest BCUT2D eigenvalue weighted by Crippen LogP contribution is -1.85. The number of rotatable bonds is 0. The number of fused-ring (bicyclic) bond motifs is 1. The number of benzene rings is 1. The molecule has 0 fully saturated rings. The van der Waals surface area contributed by atoms with Crippen LogP contribution in [0.15, 0.2) is 22.8 Å². The molecule has 0 saturated heterocycles. The number of halogens is 3. The van der Waals surface area contributed by atoms with Gasteiger partial charge >= 0.3 is 0 Å². The first-order valence-corrected chi connectivity index (χ1v) is 5.55. The zero-order valence-electron chi connectivity index (χ0n) is 7.31. The highest BCUT2D eigenvalue weighted by atomic mass is 79.9. The Morgan fingerprint density at radius 3 is 2.71 bits per heavy atom. The molecule has 0 aliphatic heterocycles. The van der Waals surface area contributed by atoms with E-state index in [2.05, 4.69) is 20.9 Å². The van der Waals surface area contributed by atoms with Crippen LogP contribution in [0.3, 0.4) is 0 Å². The third-order valence-corrected chi connectivity index (χ3v) is 3.91. The zero-order valence-corrected chi connectivity index (χ0v) is 10.4. The lowest BCUT2D eigenvalue weighted by molar-refractivity contribution is 1.38. The van der Waals surface area contributed by atoms with E-state index in [4.69, 9.17) is 23.2 Å². The summed E-state index contributed by atoms with van der Waals surface area (Å²) in [4.78, 5) is 4.21. The first-order chi connectivity index (χ1) is 6.61. The molecule has 4 heteroatoms. The van der Waals surface area contributed by atoms with Gasteiger partial charge in [-0.15, -0.1) is 0 Å². The fraction of sp³-hybridized carbons (Fsp3) is 0.100. The second kappa shape index (κ2) is 3.69.